The second-order valence-electron chi connectivity index (χ2n) is 15.0. The van der Waals surface area contributed by atoms with E-state index in [2.05, 4.69) is 53.4 Å². The van der Waals surface area contributed by atoms with Crippen molar-refractivity contribution in [3.05, 3.63) is 12.0 Å². The number of allylic oxidation sites excluding steroid dienone is 1. The number of hydrogen-bond donors (Lipinski definition) is 0. The number of hydrogen-bond acceptors (Lipinski definition) is 6. The Hall–Kier alpha value is -0.603. The van der Waals surface area contributed by atoms with Gasteiger partial charge in [-0.3, -0.25) is 0 Å². The van der Waals surface area contributed by atoms with Crippen molar-refractivity contribution >= 4 is 8.32 Å². The Kier molecular flexibility index (Phi) is 10.5. The first kappa shape index (κ1) is 32.3. The molecule has 11 atom stereocenters. The summed E-state index contributed by atoms with van der Waals surface area (Å²) in [6.45, 7) is 17.5. The van der Waals surface area contributed by atoms with Crippen molar-refractivity contribution in [2.45, 2.75) is 111 Å². The highest BCUT2D eigenvalue weighted by molar-refractivity contribution is 6.70. The van der Waals surface area contributed by atoms with Crippen molar-refractivity contribution in [2.75, 3.05) is 34.9 Å². The molecule has 4 aliphatic carbocycles. The van der Waals surface area contributed by atoms with Gasteiger partial charge in [0.15, 0.2) is 0 Å². The van der Waals surface area contributed by atoms with Crippen LogP contribution >= 0.6 is 0 Å². The molecule has 0 aromatic carbocycles. The Labute approximate surface area is 246 Å². The number of rotatable bonds is 12. The van der Waals surface area contributed by atoms with Crippen LogP contribution in [-0.2, 0) is 28.1 Å². The summed E-state index contributed by atoms with van der Waals surface area (Å²) < 4.78 is 35.8. The molecular formula is C33H60O6Si. The maximum absolute atomic E-state index is 6.77. The van der Waals surface area contributed by atoms with Gasteiger partial charge in [-0.25, -0.2) is 0 Å². The van der Waals surface area contributed by atoms with Crippen molar-refractivity contribution < 1.29 is 28.1 Å². The highest BCUT2D eigenvalue weighted by atomic mass is 28.4. The zero-order valence-electron chi connectivity index (χ0n) is 27.3. The van der Waals surface area contributed by atoms with Gasteiger partial charge in [0.05, 0.1) is 19.3 Å². The van der Waals surface area contributed by atoms with Gasteiger partial charge in [-0.05, 0) is 123 Å². The molecule has 40 heavy (non-hydrogen) atoms. The number of methoxy groups -OCH3 is 3. The van der Waals surface area contributed by atoms with Crippen LogP contribution in [0, 0.1) is 52.3 Å². The van der Waals surface area contributed by atoms with Gasteiger partial charge in [0.25, 0.3) is 5.95 Å². The molecule has 6 nitrogen and oxygen atoms in total. The molecule has 0 spiro atoms. The predicted octanol–water partition coefficient (Wildman–Crippen LogP) is 7.84. The Morgan fingerprint density at radius 1 is 0.875 bits per heavy atom. The topological polar surface area (TPSA) is 55.4 Å². The highest BCUT2D eigenvalue weighted by Crippen LogP contribution is 2.70. The van der Waals surface area contributed by atoms with Crippen molar-refractivity contribution in [3.63, 3.8) is 0 Å². The van der Waals surface area contributed by atoms with Gasteiger partial charge in [0.2, 0.25) is 8.32 Å². The standard InChI is InChI=1S/C33H60O6Si/c1-11-24-28-19-23(37-20-34-5)14-16-33(28,4)27-15-17-32(3)25(22(2)18-29(36-7)39-40(8,9)10)12-13-26(32)30(27)31(24)38-21-35-6/h18,22-28,30-31H,11-17,19-21H2,1-10H3/b29-18+/t22-,23-,24-,25-,26?,27?,28+,30?,31-,32-,33-/m1/s1. The molecule has 4 rings (SSSR count). The zero-order chi connectivity index (χ0) is 29.3. The molecule has 4 saturated carbocycles. The second-order valence-corrected chi connectivity index (χ2v) is 19.4. The summed E-state index contributed by atoms with van der Waals surface area (Å²) in [6.07, 6.45) is 12.6. The van der Waals surface area contributed by atoms with Crippen LogP contribution in [0.4, 0.5) is 0 Å². The minimum Gasteiger partial charge on any atom is -0.520 e. The molecule has 0 aromatic rings. The Balaban J connectivity index is 1.64. The van der Waals surface area contributed by atoms with Gasteiger partial charge < -0.3 is 28.1 Å². The molecule has 3 unspecified atom stereocenters. The molecule has 0 radical (unpaired) electrons. The molecule has 0 amide bonds. The molecule has 0 bridgehead atoms. The van der Waals surface area contributed by atoms with Gasteiger partial charge >= 0.3 is 0 Å². The molecule has 0 heterocycles. The maximum atomic E-state index is 6.77. The molecule has 4 fully saturated rings. The van der Waals surface area contributed by atoms with Crippen LogP contribution in [0.3, 0.4) is 0 Å². The third-order valence-corrected chi connectivity index (χ3v) is 12.7. The van der Waals surface area contributed by atoms with Gasteiger partial charge in [0, 0.05) is 14.2 Å². The minimum absolute atomic E-state index is 0.244. The van der Waals surface area contributed by atoms with Crippen molar-refractivity contribution in [1.29, 1.82) is 0 Å². The van der Waals surface area contributed by atoms with Crippen molar-refractivity contribution in [3.8, 4) is 0 Å². The fraction of sp³-hybridized carbons (Fsp3) is 0.939. The first-order valence-electron chi connectivity index (χ1n) is 16.1. The smallest absolute Gasteiger partial charge is 0.261 e. The third kappa shape index (κ3) is 6.20. The quantitative estimate of drug-likeness (QED) is 0.133. The average molecular weight is 581 g/mol. The largest absolute Gasteiger partial charge is 0.520 e. The van der Waals surface area contributed by atoms with E-state index in [9.17, 15) is 0 Å². The summed E-state index contributed by atoms with van der Waals surface area (Å²) in [5, 5.41) is 0. The summed E-state index contributed by atoms with van der Waals surface area (Å²) in [4.78, 5) is 0. The summed E-state index contributed by atoms with van der Waals surface area (Å²) in [7, 11) is 3.51. The molecule has 232 valence electrons. The van der Waals surface area contributed by atoms with Crippen LogP contribution in [0.1, 0.15) is 79.1 Å². The summed E-state index contributed by atoms with van der Waals surface area (Å²) in [5.74, 6) is 4.85. The summed E-state index contributed by atoms with van der Waals surface area (Å²) in [5.41, 5.74) is 0.634. The predicted molar refractivity (Wildman–Crippen MR) is 162 cm³/mol. The molecule has 4 aliphatic rings. The van der Waals surface area contributed by atoms with Crippen LogP contribution in [0.5, 0.6) is 0 Å². The van der Waals surface area contributed by atoms with Crippen LogP contribution in [0.25, 0.3) is 0 Å². The first-order valence-corrected chi connectivity index (χ1v) is 19.5. The lowest BCUT2D eigenvalue weighted by Crippen LogP contribution is -2.62. The van der Waals surface area contributed by atoms with E-state index in [-0.39, 0.29) is 12.2 Å². The maximum Gasteiger partial charge on any atom is 0.261 e. The lowest BCUT2D eigenvalue weighted by Gasteiger charge is -2.65. The van der Waals surface area contributed by atoms with E-state index >= 15 is 0 Å². The lowest BCUT2D eigenvalue weighted by atomic mass is 9.41. The monoisotopic (exact) mass is 580 g/mol. The summed E-state index contributed by atoms with van der Waals surface area (Å²) >= 11 is 0. The molecule has 0 saturated heterocycles. The molecule has 0 aliphatic heterocycles. The van der Waals surface area contributed by atoms with Crippen LogP contribution in [0.15, 0.2) is 12.0 Å². The van der Waals surface area contributed by atoms with Gasteiger partial charge in [-0.1, -0.05) is 34.1 Å². The molecule has 7 heteroatoms. The highest BCUT2D eigenvalue weighted by Gasteiger charge is 2.65. The lowest BCUT2D eigenvalue weighted by molar-refractivity contribution is -0.239. The fourth-order valence-electron chi connectivity index (χ4n) is 10.3. The normalized spacial score (nSPS) is 42.5. The first-order chi connectivity index (χ1) is 18.9. The van der Waals surface area contributed by atoms with Gasteiger partial charge in [-0.2, -0.15) is 0 Å². The number of ether oxygens (including phenoxy) is 5. The van der Waals surface area contributed by atoms with Gasteiger partial charge in [-0.15, -0.1) is 0 Å². The van der Waals surface area contributed by atoms with Crippen LogP contribution in [-0.4, -0.2) is 55.4 Å². The molecular weight excluding hydrogens is 520 g/mol. The minimum atomic E-state index is -1.73. The van der Waals surface area contributed by atoms with E-state index in [1.165, 1.54) is 32.1 Å². The van der Waals surface area contributed by atoms with Crippen LogP contribution in [0.2, 0.25) is 19.6 Å². The zero-order valence-corrected chi connectivity index (χ0v) is 28.3. The van der Waals surface area contributed by atoms with E-state index in [1.807, 2.05) is 0 Å². The van der Waals surface area contributed by atoms with E-state index in [0.717, 1.165) is 25.2 Å². The van der Waals surface area contributed by atoms with Crippen molar-refractivity contribution in [1.82, 2.24) is 0 Å². The number of fused-ring (bicyclic) bond motifs is 5. The van der Waals surface area contributed by atoms with Crippen LogP contribution < -0.4 is 0 Å². The Morgan fingerprint density at radius 2 is 1.52 bits per heavy atom. The van der Waals surface area contributed by atoms with E-state index in [4.69, 9.17) is 28.1 Å². The molecule has 0 aromatic heterocycles. The Morgan fingerprint density at radius 3 is 2.15 bits per heavy atom. The van der Waals surface area contributed by atoms with E-state index in [0.29, 0.717) is 65.8 Å². The van der Waals surface area contributed by atoms with Crippen molar-refractivity contribution in [2.24, 2.45) is 52.3 Å². The third-order valence-electron chi connectivity index (χ3n) is 11.9. The van der Waals surface area contributed by atoms with E-state index < -0.39 is 8.32 Å². The molecule has 0 N–H and O–H groups in total. The van der Waals surface area contributed by atoms with Gasteiger partial charge in [0.1, 0.15) is 13.6 Å². The fourth-order valence-corrected chi connectivity index (χ4v) is 11.0. The summed E-state index contributed by atoms with van der Waals surface area (Å²) in [6, 6.07) is 0. The second kappa shape index (κ2) is 12.9. The van der Waals surface area contributed by atoms with E-state index in [1.54, 1.807) is 21.3 Å². The Bertz CT molecular complexity index is 858. The SMILES string of the molecule is CC[C@H]1[C@@H](OCOC)C2C3CC[C@H]([C@H](C)/C=C(\OC)O[Si](C)(C)C)[C@@]3(C)CCC2[C@@]2(C)CC[C@@H](OCOC)C[C@@H]12. The average Bonchev–Trinajstić information content (AvgIpc) is 3.26.